The van der Waals surface area contributed by atoms with Gasteiger partial charge in [0.25, 0.3) is 0 Å². The number of halogens is 1. The van der Waals surface area contributed by atoms with Gasteiger partial charge in [-0.1, -0.05) is 18.2 Å². The molecule has 1 fully saturated rings. The van der Waals surface area contributed by atoms with Crippen molar-refractivity contribution in [3.05, 3.63) is 30.5 Å². The predicted molar refractivity (Wildman–Crippen MR) is 66.0 cm³/mol. The highest BCUT2D eigenvalue weighted by molar-refractivity contribution is 6.21. The molecule has 0 saturated carbocycles. The Balaban J connectivity index is 1.99. The molecule has 1 unspecified atom stereocenters. The first-order chi connectivity index (χ1) is 7.83. The molecule has 1 aromatic carbocycles. The van der Waals surface area contributed by atoms with Gasteiger partial charge in [-0.3, -0.25) is 0 Å². The molecule has 1 aliphatic rings. The van der Waals surface area contributed by atoms with Crippen LogP contribution in [-0.4, -0.2) is 28.4 Å². The fraction of sp³-hybridized carbons (Fsp3) is 0.333. The van der Waals surface area contributed by atoms with Crippen molar-refractivity contribution in [3.63, 3.8) is 0 Å². The molecule has 1 saturated heterocycles. The van der Waals surface area contributed by atoms with Crippen LogP contribution in [0.4, 0.5) is 5.95 Å². The van der Waals surface area contributed by atoms with E-state index in [4.69, 9.17) is 11.6 Å². The Hall–Kier alpha value is -1.35. The summed E-state index contributed by atoms with van der Waals surface area (Å²) in [4.78, 5) is 11.1. The summed E-state index contributed by atoms with van der Waals surface area (Å²) in [6.45, 7) is 1.80. The SMILES string of the molecule is ClC1CCN(c2ncc3ccccc3n2)C1. The Morgan fingerprint density at radius 2 is 2.19 bits per heavy atom. The number of hydrogen-bond donors (Lipinski definition) is 0. The van der Waals surface area contributed by atoms with Crippen molar-refractivity contribution in [3.8, 4) is 0 Å². The van der Waals surface area contributed by atoms with Crippen molar-refractivity contribution in [2.75, 3.05) is 18.0 Å². The average Bonchev–Trinajstić information content (AvgIpc) is 2.75. The van der Waals surface area contributed by atoms with Crippen molar-refractivity contribution in [1.82, 2.24) is 9.97 Å². The van der Waals surface area contributed by atoms with Gasteiger partial charge in [-0.05, 0) is 12.5 Å². The Bertz CT molecular complexity index is 514. The maximum atomic E-state index is 6.08. The van der Waals surface area contributed by atoms with Gasteiger partial charge in [0.05, 0.1) is 10.9 Å². The van der Waals surface area contributed by atoms with E-state index in [0.29, 0.717) is 0 Å². The molecule has 0 aliphatic carbocycles. The molecule has 1 atom stereocenters. The first-order valence-electron chi connectivity index (χ1n) is 5.44. The Labute approximate surface area is 99.1 Å². The van der Waals surface area contributed by atoms with Crippen LogP contribution in [0, 0.1) is 0 Å². The van der Waals surface area contributed by atoms with Crippen LogP contribution >= 0.6 is 11.6 Å². The van der Waals surface area contributed by atoms with Crippen LogP contribution in [0.25, 0.3) is 10.9 Å². The van der Waals surface area contributed by atoms with Crippen LogP contribution < -0.4 is 4.90 Å². The number of anilines is 1. The molecular weight excluding hydrogens is 222 g/mol. The highest BCUT2D eigenvalue weighted by Crippen LogP contribution is 2.21. The lowest BCUT2D eigenvalue weighted by Gasteiger charge is -2.15. The number of fused-ring (bicyclic) bond motifs is 1. The number of benzene rings is 1. The minimum Gasteiger partial charge on any atom is -0.339 e. The average molecular weight is 234 g/mol. The molecule has 0 amide bonds. The van der Waals surface area contributed by atoms with Crippen molar-refractivity contribution in [2.24, 2.45) is 0 Å². The lowest BCUT2D eigenvalue weighted by atomic mass is 10.2. The molecule has 0 bridgehead atoms. The summed E-state index contributed by atoms with van der Waals surface area (Å²) < 4.78 is 0. The van der Waals surface area contributed by atoms with Gasteiger partial charge < -0.3 is 4.90 Å². The molecule has 1 aliphatic heterocycles. The molecule has 3 rings (SSSR count). The zero-order valence-corrected chi connectivity index (χ0v) is 9.56. The third kappa shape index (κ3) is 1.71. The smallest absolute Gasteiger partial charge is 0.225 e. The lowest BCUT2D eigenvalue weighted by Crippen LogP contribution is -2.22. The monoisotopic (exact) mass is 233 g/mol. The highest BCUT2D eigenvalue weighted by atomic mass is 35.5. The van der Waals surface area contributed by atoms with E-state index in [1.165, 1.54) is 0 Å². The molecular formula is C12H12ClN3. The fourth-order valence-electron chi connectivity index (χ4n) is 2.01. The summed E-state index contributed by atoms with van der Waals surface area (Å²) in [6, 6.07) is 8.02. The second-order valence-corrected chi connectivity index (χ2v) is 4.68. The van der Waals surface area contributed by atoms with Crippen LogP contribution in [-0.2, 0) is 0 Å². The van der Waals surface area contributed by atoms with Gasteiger partial charge in [0.1, 0.15) is 0 Å². The Morgan fingerprint density at radius 3 is 3.00 bits per heavy atom. The number of alkyl halides is 1. The normalized spacial score (nSPS) is 20.6. The molecule has 4 heteroatoms. The number of aromatic nitrogens is 2. The van der Waals surface area contributed by atoms with E-state index in [0.717, 1.165) is 36.4 Å². The van der Waals surface area contributed by atoms with Crippen LogP contribution in [0.15, 0.2) is 30.5 Å². The van der Waals surface area contributed by atoms with Gasteiger partial charge in [0.15, 0.2) is 0 Å². The molecule has 0 spiro atoms. The zero-order valence-electron chi connectivity index (χ0n) is 8.81. The predicted octanol–water partition coefficient (Wildman–Crippen LogP) is 2.45. The summed E-state index contributed by atoms with van der Waals surface area (Å²) >= 11 is 6.08. The van der Waals surface area contributed by atoms with E-state index < -0.39 is 0 Å². The molecule has 2 aromatic rings. The lowest BCUT2D eigenvalue weighted by molar-refractivity contribution is 0.908. The molecule has 2 heterocycles. The highest BCUT2D eigenvalue weighted by Gasteiger charge is 2.22. The van der Waals surface area contributed by atoms with Crippen LogP contribution in [0.1, 0.15) is 6.42 Å². The summed E-state index contributed by atoms with van der Waals surface area (Å²) in [7, 11) is 0. The maximum Gasteiger partial charge on any atom is 0.225 e. The van der Waals surface area contributed by atoms with E-state index in [1.807, 2.05) is 30.5 Å². The Kier molecular flexibility index (Phi) is 2.40. The first-order valence-corrected chi connectivity index (χ1v) is 5.87. The van der Waals surface area contributed by atoms with Gasteiger partial charge in [0.2, 0.25) is 5.95 Å². The third-order valence-corrected chi connectivity index (χ3v) is 3.25. The minimum atomic E-state index is 0.232. The quantitative estimate of drug-likeness (QED) is 0.709. The van der Waals surface area contributed by atoms with E-state index >= 15 is 0 Å². The van der Waals surface area contributed by atoms with Gasteiger partial charge in [-0.2, -0.15) is 0 Å². The summed E-state index contributed by atoms with van der Waals surface area (Å²) in [5.41, 5.74) is 0.991. The summed E-state index contributed by atoms with van der Waals surface area (Å²) in [5.74, 6) is 0.793. The summed E-state index contributed by atoms with van der Waals surface area (Å²) in [5, 5.41) is 1.31. The second kappa shape index (κ2) is 3.91. The van der Waals surface area contributed by atoms with Gasteiger partial charge in [0, 0.05) is 24.7 Å². The van der Waals surface area contributed by atoms with Crippen molar-refractivity contribution >= 4 is 28.5 Å². The number of hydrogen-bond acceptors (Lipinski definition) is 3. The fourth-order valence-corrected chi connectivity index (χ4v) is 2.28. The van der Waals surface area contributed by atoms with Crippen LogP contribution in [0.2, 0.25) is 0 Å². The Morgan fingerprint density at radius 1 is 1.31 bits per heavy atom. The largest absolute Gasteiger partial charge is 0.339 e. The molecule has 3 nitrogen and oxygen atoms in total. The number of rotatable bonds is 1. The van der Waals surface area contributed by atoms with E-state index in [2.05, 4.69) is 14.9 Å². The molecule has 82 valence electrons. The van der Waals surface area contributed by atoms with Gasteiger partial charge in [-0.15, -0.1) is 11.6 Å². The van der Waals surface area contributed by atoms with Crippen LogP contribution in [0.3, 0.4) is 0 Å². The zero-order chi connectivity index (χ0) is 11.0. The second-order valence-electron chi connectivity index (χ2n) is 4.06. The molecule has 0 N–H and O–H groups in total. The molecule has 16 heavy (non-hydrogen) atoms. The number of nitrogens with zero attached hydrogens (tertiary/aromatic N) is 3. The summed E-state index contributed by atoms with van der Waals surface area (Å²) in [6.07, 6.45) is 2.89. The first kappa shape index (κ1) is 9.85. The van der Waals surface area contributed by atoms with Crippen molar-refractivity contribution in [2.45, 2.75) is 11.8 Å². The molecule has 0 radical (unpaired) electrons. The third-order valence-electron chi connectivity index (χ3n) is 2.89. The van der Waals surface area contributed by atoms with E-state index in [-0.39, 0.29) is 5.38 Å². The number of para-hydroxylation sites is 1. The maximum absolute atomic E-state index is 6.08. The van der Waals surface area contributed by atoms with E-state index in [1.54, 1.807) is 0 Å². The van der Waals surface area contributed by atoms with E-state index in [9.17, 15) is 0 Å². The molecule has 1 aromatic heterocycles. The van der Waals surface area contributed by atoms with Crippen molar-refractivity contribution < 1.29 is 0 Å². The van der Waals surface area contributed by atoms with Gasteiger partial charge in [-0.25, -0.2) is 9.97 Å². The standard InChI is InChI=1S/C12H12ClN3/c13-10-5-6-16(8-10)12-14-7-9-3-1-2-4-11(9)15-12/h1-4,7,10H,5-6,8H2. The van der Waals surface area contributed by atoms with Crippen molar-refractivity contribution in [1.29, 1.82) is 0 Å². The minimum absolute atomic E-state index is 0.232. The van der Waals surface area contributed by atoms with Crippen LogP contribution in [0.5, 0.6) is 0 Å². The van der Waals surface area contributed by atoms with Gasteiger partial charge >= 0.3 is 0 Å². The topological polar surface area (TPSA) is 29.0 Å².